The van der Waals surface area contributed by atoms with Gasteiger partial charge in [-0.3, -0.25) is 9.59 Å². The van der Waals surface area contributed by atoms with E-state index >= 15 is 0 Å². The van der Waals surface area contributed by atoms with Crippen LogP contribution in [-0.4, -0.2) is 22.0 Å². The van der Waals surface area contributed by atoms with E-state index in [0.717, 1.165) is 10.8 Å². The average Bonchev–Trinajstić information content (AvgIpc) is 2.91. The van der Waals surface area contributed by atoms with Gasteiger partial charge in [0.15, 0.2) is 17.1 Å². The Balaban J connectivity index is 1.69. The number of anilines is 1. The highest BCUT2D eigenvalue weighted by Crippen LogP contribution is 2.40. The third kappa shape index (κ3) is 2.88. The molecule has 1 aliphatic heterocycles. The maximum atomic E-state index is 12.8. The maximum Gasteiger partial charge on any atom is 0.261 e. The average molecular weight is 364 g/mol. The molecule has 4 N–H and O–H groups in total. The molecule has 136 valence electrons. The van der Waals surface area contributed by atoms with Crippen molar-refractivity contribution in [1.29, 1.82) is 0 Å². The largest absolute Gasteiger partial charge is 0.595 e. The van der Waals surface area contributed by atoms with Gasteiger partial charge in [-0.1, -0.05) is 36.4 Å². The smallest absolute Gasteiger partial charge is 0.261 e. The summed E-state index contributed by atoms with van der Waals surface area (Å²) < 4.78 is 0. The van der Waals surface area contributed by atoms with Crippen LogP contribution in [0.15, 0.2) is 60.7 Å². The molecule has 7 nitrogen and oxygen atoms in total. The van der Waals surface area contributed by atoms with Crippen LogP contribution < -0.4 is 10.5 Å². The van der Waals surface area contributed by atoms with E-state index in [-0.39, 0.29) is 11.3 Å². The minimum atomic E-state index is -2.11. The van der Waals surface area contributed by atoms with Crippen molar-refractivity contribution in [1.82, 2.24) is 0 Å². The zero-order valence-electron chi connectivity index (χ0n) is 14.1. The van der Waals surface area contributed by atoms with E-state index in [2.05, 4.69) is 5.32 Å². The van der Waals surface area contributed by atoms with Gasteiger partial charge in [-0.15, -0.1) is 0 Å². The molecular formula is C20H16N2O5. The van der Waals surface area contributed by atoms with Gasteiger partial charge >= 0.3 is 0 Å². The van der Waals surface area contributed by atoms with Crippen molar-refractivity contribution >= 4 is 33.8 Å². The molecule has 1 aliphatic rings. The number of fused-ring (bicyclic) bond motifs is 2. The maximum absolute atomic E-state index is 12.8. The molecule has 27 heavy (non-hydrogen) atoms. The molecule has 0 bridgehead atoms. The predicted molar refractivity (Wildman–Crippen MR) is 97.6 cm³/mol. The predicted octanol–water partition coefficient (Wildman–Crippen LogP) is 1.66. The first-order valence-electron chi connectivity index (χ1n) is 8.32. The topological polar surface area (TPSA) is 114 Å². The quantitative estimate of drug-likeness (QED) is 0.415. The van der Waals surface area contributed by atoms with Crippen molar-refractivity contribution in [3.8, 4) is 0 Å². The van der Waals surface area contributed by atoms with E-state index in [0.29, 0.717) is 11.3 Å². The molecule has 1 heterocycles. The number of amides is 1. The second-order valence-electron chi connectivity index (χ2n) is 6.54. The summed E-state index contributed by atoms with van der Waals surface area (Å²) in [6.07, 6.45) is -0.479. The normalized spacial score (nSPS) is 19.6. The van der Waals surface area contributed by atoms with Gasteiger partial charge in [-0.2, -0.15) is 5.23 Å². The molecule has 2 atom stereocenters. The Morgan fingerprint density at radius 1 is 1.07 bits per heavy atom. The number of nitrogens with one attached hydrogen (secondary N) is 2. The van der Waals surface area contributed by atoms with Gasteiger partial charge in [0.05, 0.1) is 6.42 Å². The van der Waals surface area contributed by atoms with Crippen LogP contribution in [-0.2, 0) is 10.4 Å². The Bertz CT molecular complexity index is 1080. The standard InChI is InChI=1S/C20H16N2O5/c23-18(14-6-5-12-3-1-2-4-13(12)9-14)11-20(25)16-10-15(22(26)27)7-8-17(16)21-19(20)24/h1-10,22,25-26H,11H2,(H,21,24). The van der Waals surface area contributed by atoms with Crippen molar-refractivity contribution < 1.29 is 25.1 Å². The molecule has 3 aromatic carbocycles. The minimum Gasteiger partial charge on any atom is -0.595 e. The number of carbonyl (C=O) groups excluding carboxylic acids is 2. The lowest BCUT2D eigenvalue weighted by molar-refractivity contribution is -0.991. The molecular weight excluding hydrogens is 348 g/mol. The number of ketones is 1. The number of hydrogen-bond donors (Lipinski definition) is 4. The van der Waals surface area contributed by atoms with Crippen LogP contribution in [0.1, 0.15) is 22.3 Å². The molecule has 0 saturated heterocycles. The molecule has 3 aromatic rings. The summed E-state index contributed by atoms with van der Waals surface area (Å²) in [4.78, 5) is 25.1. The second kappa shape index (κ2) is 6.26. The Kier molecular flexibility index (Phi) is 4.01. The molecule has 2 unspecified atom stereocenters. The van der Waals surface area contributed by atoms with Crippen LogP contribution >= 0.6 is 0 Å². The van der Waals surface area contributed by atoms with E-state index in [9.17, 15) is 19.9 Å². The molecule has 7 heteroatoms. The second-order valence-corrected chi connectivity index (χ2v) is 6.54. The Hall–Kier alpha value is -3.10. The highest BCUT2D eigenvalue weighted by molar-refractivity contribution is 6.10. The first kappa shape index (κ1) is 17.3. The van der Waals surface area contributed by atoms with Crippen molar-refractivity contribution in [2.24, 2.45) is 0 Å². The zero-order chi connectivity index (χ0) is 19.2. The number of benzene rings is 3. The molecule has 1 amide bonds. The lowest BCUT2D eigenvalue weighted by atomic mass is 9.87. The summed E-state index contributed by atoms with van der Waals surface area (Å²) in [7, 11) is 0. The van der Waals surface area contributed by atoms with Crippen molar-refractivity contribution in [3.63, 3.8) is 0 Å². The lowest BCUT2D eigenvalue weighted by Gasteiger charge is -2.21. The van der Waals surface area contributed by atoms with Gasteiger partial charge in [-0.05, 0) is 22.9 Å². The first-order chi connectivity index (χ1) is 12.9. The fraction of sp³-hybridized carbons (Fsp3) is 0.100. The molecule has 4 rings (SSSR count). The molecule has 0 aliphatic carbocycles. The van der Waals surface area contributed by atoms with Crippen LogP contribution in [0.4, 0.5) is 11.4 Å². The molecule has 0 spiro atoms. The molecule has 0 fully saturated rings. The number of carbonyl (C=O) groups is 2. The van der Waals surface area contributed by atoms with E-state index in [1.807, 2.05) is 24.3 Å². The fourth-order valence-corrected chi connectivity index (χ4v) is 3.35. The van der Waals surface area contributed by atoms with Gasteiger partial charge in [-0.25, -0.2) is 5.21 Å². The third-order valence-corrected chi connectivity index (χ3v) is 4.82. The molecule has 0 saturated carbocycles. The Labute approximate surface area is 154 Å². The van der Waals surface area contributed by atoms with E-state index < -0.39 is 28.9 Å². The van der Waals surface area contributed by atoms with Gasteiger partial charge in [0.25, 0.3) is 5.91 Å². The van der Waals surface area contributed by atoms with E-state index in [4.69, 9.17) is 5.21 Å². The summed E-state index contributed by atoms with van der Waals surface area (Å²) in [6.45, 7) is 0. The zero-order valence-corrected chi connectivity index (χ0v) is 14.1. The van der Waals surface area contributed by atoms with Gasteiger partial charge in [0, 0.05) is 28.9 Å². The lowest BCUT2D eigenvalue weighted by Crippen LogP contribution is -2.99. The van der Waals surface area contributed by atoms with Crippen molar-refractivity contribution in [3.05, 3.63) is 77.0 Å². The highest BCUT2D eigenvalue weighted by atomic mass is 16.8. The number of rotatable bonds is 4. The number of aliphatic hydroxyl groups is 1. The van der Waals surface area contributed by atoms with Gasteiger partial charge in [0.1, 0.15) is 0 Å². The van der Waals surface area contributed by atoms with Gasteiger partial charge in [0.2, 0.25) is 0 Å². The van der Waals surface area contributed by atoms with Crippen LogP contribution in [0, 0.1) is 5.21 Å². The summed E-state index contributed by atoms with van der Waals surface area (Å²) in [5.74, 6) is -1.15. The fourth-order valence-electron chi connectivity index (χ4n) is 3.35. The Morgan fingerprint density at radius 2 is 1.81 bits per heavy atom. The monoisotopic (exact) mass is 364 g/mol. The molecule has 0 radical (unpaired) electrons. The number of quaternary nitrogens is 1. The van der Waals surface area contributed by atoms with Crippen LogP contribution in [0.3, 0.4) is 0 Å². The summed E-state index contributed by atoms with van der Waals surface area (Å²) in [6, 6.07) is 16.7. The van der Waals surface area contributed by atoms with Crippen LogP contribution in [0.5, 0.6) is 0 Å². The minimum absolute atomic E-state index is 0.0678. The summed E-state index contributed by atoms with van der Waals surface area (Å²) >= 11 is 0. The van der Waals surface area contributed by atoms with Crippen molar-refractivity contribution in [2.75, 3.05) is 5.32 Å². The first-order valence-corrected chi connectivity index (χ1v) is 8.32. The van der Waals surface area contributed by atoms with Crippen LogP contribution in [0.25, 0.3) is 10.8 Å². The highest BCUT2D eigenvalue weighted by Gasteiger charge is 2.47. The van der Waals surface area contributed by atoms with Gasteiger partial charge < -0.3 is 15.6 Å². The summed E-state index contributed by atoms with van der Waals surface area (Å²) in [5, 5.41) is 34.5. The van der Waals surface area contributed by atoms with Crippen molar-refractivity contribution in [2.45, 2.75) is 12.0 Å². The number of Topliss-reactive ketones (excluding diaryl/α,β-unsaturated/α-hetero) is 1. The van der Waals surface area contributed by atoms with Crippen LogP contribution in [0.2, 0.25) is 0 Å². The molecule has 0 aromatic heterocycles. The third-order valence-electron chi connectivity index (χ3n) is 4.82. The summed E-state index contributed by atoms with van der Waals surface area (Å²) in [5.41, 5.74) is -1.40. The number of hydrogen-bond acceptors (Lipinski definition) is 5. The Morgan fingerprint density at radius 3 is 2.56 bits per heavy atom. The van der Waals surface area contributed by atoms with E-state index in [1.165, 1.54) is 18.2 Å². The SMILES string of the molecule is O=C(CC1(O)C(=O)Nc2ccc([NH+]([O-])O)cc21)c1ccc2ccccc2c1. The van der Waals surface area contributed by atoms with E-state index in [1.54, 1.807) is 18.2 Å².